The van der Waals surface area contributed by atoms with Gasteiger partial charge < -0.3 is 10.2 Å². The summed E-state index contributed by atoms with van der Waals surface area (Å²) < 4.78 is 0. The van der Waals surface area contributed by atoms with Crippen LogP contribution in [-0.4, -0.2) is 20.2 Å². The first-order chi connectivity index (χ1) is 7.79. The highest BCUT2D eigenvalue weighted by Gasteiger charge is 2.19. The zero-order valence-electron chi connectivity index (χ0n) is 8.56. The Bertz CT molecular complexity index is 390. The molecule has 0 saturated heterocycles. The number of nitrogens with zero attached hydrogens (tertiary/aromatic N) is 2. The number of hydrogen-bond donors (Lipinski definition) is 2. The average molecular weight is 216 g/mol. The number of aliphatic hydroxyl groups excluding tert-OH is 2. The third kappa shape index (κ3) is 2.24. The first kappa shape index (κ1) is 10.7. The van der Waals surface area contributed by atoms with Crippen molar-refractivity contribution in [2.75, 3.05) is 0 Å². The molecule has 2 heterocycles. The smallest absolute Gasteiger partial charge is 0.109 e. The second-order valence-electron chi connectivity index (χ2n) is 3.45. The van der Waals surface area contributed by atoms with Crippen LogP contribution in [0.3, 0.4) is 0 Å². The van der Waals surface area contributed by atoms with E-state index in [0.717, 1.165) is 0 Å². The Hall–Kier alpha value is -1.78. The molecular weight excluding hydrogens is 204 g/mol. The van der Waals surface area contributed by atoms with Gasteiger partial charge >= 0.3 is 0 Å². The van der Waals surface area contributed by atoms with Crippen LogP contribution in [-0.2, 0) is 0 Å². The van der Waals surface area contributed by atoms with Crippen LogP contribution in [0.1, 0.15) is 23.3 Å². The molecule has 2 aromatic heterocycles. The monoisotopic (exact) mass is 216 g/mol. The Morgan fingerprint density at radius 3 is 1.31 bits per heavy atom. The lowest BCUT2D eigenvalue weighted by Crippen LogP contribution is -2.10. The van der Waals surface area contributed by atoms with Crippen LogP contribution in [0.4, 0.5) is 0 Å². The molecule has 0 bridgehead atoms. The minimum atomic E-state index is -0.953. The highest BCUT2D eigenvalue weighted by molar-refractivity contribution is 5.21. The molecule has 2 atom stereocenters. The zero-order chi connectivity index (χ0) is 11.4. The number of pyridine rings is 2. The topological polar surface area (TPSA) is 66.2 Å². The number of rotatable bonds is 3. The average Bonchev–Trinajstić information content (AvgIpc) is 2.39. The van der Waals surface area contributed by atoms with Crippen LogP contribution in [0.5, 0.6) is 0 Å². The molecule has 0 spiro atoms. The lowest BCUT2D eigenvalue weighted by atomic mass is 10.0. The summed E-state index contributed by atoms with van der Waals surface area (Å²) in [5.74, 6) is 0. The van der Waals surface area contributed by atoms with Gasteiger partial charge in [0.15, 0.2) is 0 Å². The van der Waals surface area contributed by atoms with Crippen LogP contribution in [0, 0.1) is 0 Å². The van der Waals surface area contributed by atoms with E-state index in [-0.39, 0.29) is 0 Å². The molecule has 2 rings (SSSR count). The van der Waals surface area contributed by atoms with E-state index in [1.54, 1.807) is 49.1 Å². The summed E-state index contributed by atoms with van der Waals surface area (Å²) in [7, 11) is 0. The molecule has 0 fully saturated rings. The van der Waals surface area contributed by atoms with Gasteiger partial charge in [-0.2, -0.15) is 0 Å². The van der Waals surface area contributed by atoms with Gasteiger partial charge in [-0.3, -0.25) is 9.97 Å². The van der Waals surface area contributed by atoms with Crippen LogP contribution < -0.4 is 0 Å². The van der Waals surface area contributed by atoms with Gasteiger partial charge in [0.25, 0.3) is 0 Å². The minimum Gasteiger partial charge on any atom is -0.385 e. The lowest BCUT2D eigenvalue weighted by molar-refractivity contribution is 0.0171. The summed E-state index contributed by atoms with van der Waals surface area (Å²) >= 11 is 0. The van der Waals surface area contributed by atoms with Gasteiger partial charge in [-0.15, -0.1) is 0 Å². The Balaban J connectivity index is 2.20. The first-order valence-electron chi connectivity index (χ1n) is 4.95. The van der Waals surface area contributed by atoms with Crippen molar-refractivity contribution in [3.8, 4) is 0 Å². The van der Waals surface area contributed by atoms with Crippen molar-refractivity contribution in [3.63, 3.8) is 0 Å². The fourth-order valence-electron chi connectivity index (χ4n) is 1.49. The lowest BCUT2D eigenvalue weighted by Gasteiger charge is -2.17. The number of aromatic nitrogens is 2. The maximum atomic E-state index is 9.94. The molecule has 2 unspecified atom stereocenters. The van der Waals surface area contributed by atoms with Gasteiger partial charge in [0.2, 0.25) is 0 Å². The third-order valence-corrected chi connectivity index (χ3v) is 2.39. The van der Waals surface area contributed by atoms with Crippen molar-refractivity contribution >= 4 is 0 Å². The molecule has 0 aromatic carbocycles. The third-order valence-electron chi connectivity index (χ3n) is 2.39. The second kappa shape index (κ2) is 4.83. The summed E-state index contributed by atoms with van der Waals surface area (Å²) in [5.41, 5.74) is 1.28. The molecule has 4 heteroatoms. The summed E-state index contributed by atoms with van der Waals surface area (Å²) in [6.45, 7) is 0. The standard InChI is InChI=1S/C12H12N2O2/c15-11(9-1-5-13-6-2-9)12(16)10-3-7-14-8-4-10/h1-8,11-12,15-16H. The van der Waals surface area contributed by atoms with Crippen LogP contribution in [0.2, 0.25) is 0 Å². The quantitative estimate of drug-likeness (QED) is 0.810. The van der Waals surface area contributed by atoms with E-state index in [1.165, 1.54) is 0 Å². The van der Waals surface area contributed by atoms with Gasteiger partial charge in [-0.1, -0.05) is 0 Å². The Morgan fingerprint density at radius 2 is 1.00 bits per heavy atom. The van der Waals surface area contributed by atoms with Crippen LogP contribution >= 0.6 is 0 Å². The van der Waals surface area contributed by atoms with E-state index < -0.39 is 12.2 Å². The highest BCUT2D eigenvalue weighted by atomic mass is 16.3. The van der Waals surface area contributed by atoms with Crippen LogP contribution in [0.25, 0.3) is 0 Å². The molecule has 82 valence electrons. The molecule has 0 saturated carbocycles. The summed E-state index contributed by atoms with van der Waals surface area (Å²) in [6, 6.07) is 6.70. The predicted octanol–water partition coefficient (Wildman–Crippen LogP) is 1.24. The van der Waals surface area contributed by atoms with Crippen LogP contribution in [0.15, 0.2) is 49.1 Å². The number of hydrogen-bond acceptors (Lipinski definition) is 4. The van der Waals surface area contributed by atoms with Crippen molar-refractivity contribution in [2.45, 2.75) is 12.2 Å². The number of aliphatic hydroxyl groups is 2. The normalized spacial score (nSPS) is 14.4. The van der Waals surface area contributed by atoms with Gasteiger partial charge in [-0.25, -0.2) is 0 Å². The molecule has 2 aromatic rings. The van der Waals surface area contributed by atoms with Crippen molar-refractivity contribution < 1.29 is 10.2 Å². The van der Waals surface area contributed by atoms with Crippen molar-refractivity contribution in [2.24, 2.45) is 0 Å². The van der Waals surface area contributed by atoms with Gasteiger partial charge in [0.05, 0.1) is 0 Å². The SMILES string of the molecule is OC(c1ccncc1)C(O)c1ccncc1. The van der Waals surface area contributed by atoms with Crippen molar-refractivity contribution in [1.82, 2.24) is 9.97 Å². The maximum Gasteiger partial charge on any atom is 0.109 e. The van der Waals surface area contributed by atoms with Gasteiger partial charge in [0, 0.05) is 24.8 Å². The summed E-state index contributed by atoms with van der Waals surface area (Å²) in [4.78, 5) is 7.71. The molecule has 2 N–H and O–H groups in total. The maximum absolute atomic E-state index is 9.94. The van der Waals surface area contributed by atoms with Gasteiger partial charge in [-0.05, 0) is 35.4 Å². The molecule has 4 nitrogen and oxygen atoms in total. The Morgan fingerprint density at radius 1 is 0.688 bits per heavy atom. The van der Waals surface area contributed by atoms with E-state index in [4.69, 9.17) is 0 Å². The second-order valence-corrected chi connectivity index (χ2v) is 3.45. The van der Waals surface area contributed by atoms with Gasteiger partial charge in [0.1, 0.15) is 12.2 Å². The fraction of sp³-hybridized carbons (Fsp3) is 0.167. The molecule has 0 aliphatic carbocycles. The van der Waals surface area contributed by atoms with Crippen molar-refractivity contribution in [1.29, 1.82) is 0 Å². The molecule has 0 amide bonds. The molecular formula is C12H12N2O2. The first-order valence-corrected chi connectivity index (χ1v) is 4.95. The van der Waals surface area contributed by atoms with E-state index >= 15 is 0 Å². The van der Waals surface area contributed by atoms with Crippen molar-refractivity contribution in [3.05, 3.63) is 60.2 Å². The Kier molecular flexibility index (Phi) is 3.24. The van der Waals surface area contributed by atoms with E-state index in [0.29, 0.717) is 11.1 Å². The van der Waals surface area contributed by atoms with E-state index in [9.17, 15) is 10.2 Å². The minimum absolute atomic E-state index is 0.638. The molecule has 0 aliphatic heterocycles. The molecule has 16 heavy (non-hydrogen) atoms. The fourth-order valence-corrected chi connectivity index (χ4v) is 1.49. The largest absolute Gasteiger partial charge is 0.385 e. The summed E-state index contributed by atoms with van der Waals surface area (Å²) in [5, 5.41) is 19.9. The van der Waals surface area contributed by atoms with E-state index in [1.807, 2.05) is 0 Å². The molecule has 0 radical (unpaired) electrons. The molecule has 0 aliphatic rings. The summed E-state index contributed by atoms with van der Waals surface area (Å²) in [6.07, 6.45) is 4.42. The Labute approximate surface area is 93.2 Å². The van der Waals surface area contributed by atoms with E-state index in [2.05, 4.69) is 9.97 Å². The zero-order valence-corrected chi connectivity index (χ0v) is 8.56. The predicted molar refractivity (Wildman–Crippen MR) is 58.4 cm³/mol. The highest BCUT2D eigenvalue weighted by Crippen LogP contribution is 2.27.